The number of hydrogen-bond donors (Lipinski definition) is 2. The van der Waals surface area contributed by atoms with E-state index in [9.17, 15) is 0 Å². The molecule has 0 atom stereocenters. The monoisotopic (exact) mass is 379 g/mol. The Labute approximate surface area is 161 Å². The van der Waals surface area contributed by atoms with Crippen LogP contribution in [0.4, 0.5) is 0 Å². The summed E-state index contributed by atoms with van der Waals surface area (Å²) in [5.41, 5.74) is 1.52. The van der Waals surface area contributed by atoms with Crippen molar-refractivity contribution in [2.75, 3.05) is 40.0 Å². The normalized spacial score (nSPS) is 20.0. The van der Waals surface area contributed by atoms with Crippen LogP contribution in [0.5, 0.6) is 0 Å². The second kappa shape index (κ2) is 9.58. The zero-order valence-corrected chi connectivity index (χ0v) is 16.4. The number of aliphatic imine (C=N–C) groups is 1. The molecule has 1 saturated heterocycles. The summed E-state index contributed by atoms with van der Waals surface area (Å²) in [7, 11) is 1.81. The van der Waals surface area contributed by atoms with Crippen LogP contribution in [0.2, 0.25) is 5.02 Å². The highest BCUT2D eigenvalue weighted by molar-refractivity contribution is 6.30. The molecule has 3 rings (SSSR count). The molecule has 0 aromatic heterocycles. The lowest BCUT2D eigenvalue weighted by atomic mass is 9.96. The Morgan fingerprint density at radius 1 is 1.31 bits per heavy atom. The Kier molecular flexibility index (Phi) is 7.17. The van der Waals surface area contributed by atoms with Gasteiger partial charge >= 0.3 is 0 Å². The molecule has 2 aliphatic rings. The average Bonchev–Trinajstić information content (AvgIpc) is 3.46. The standard InChI is InChI=1S/C20H30ClN3O2/c1-22-19(23-10-3-11-26-18-6-12-25-13-7-18)24-15-20(8-9-20)16-4-2-5-17(21)14-16/h2,4-5,14,18H,3,6-13,15H2,1H3,(H2,22,23,24). The number of nitrogens with zero attached hydrogens (tertiary/aromatic N) is 1. The van der Waals surface area contributed by atoms with Gasteiger partial charge in [-0.25, -0.2) is 0 Å². The van der Waals surface area contributed by atoms with Gasteiger partial charge in [-0.05, 0) is 49.8 Å². The average molecular weight is 380 g/mol. The summed E-state index contributed by atoms with van der Waals surface area (Å²) in [5, 5.41) is 7.65. The summed E-state index contributed by atoms with van der Waals surface area (Å²) in [6.45, 7) is 4.17. The second-order valence-electron chi connectivity index (χ2n) is 7.18. The molecule has 1 aliphatic heterocycles. The third kappa shape index (κ3) is 5.60. The summed E-state index contributed by atoms with van der Waals surface area (Å²) < 4.78 is 11.2. The number of nitrogens with one attached hydrogen (secondary N) is 2. The van der Waals surface area contributed by atoms with Gasteiger partial charge in [0.1, 0.15) is 0 Å². The molecule has 0 spiro atoms. The topological polar surface area (TPSA) is 54.9 Å². The van der Waals surface area contributed by atoms with Crippen LogP contribution >= 0.6 is 11.6 Å². The number of hydrogen-bond acceptors (Lipinski definition) is 3. The number of benzene rings is 1. The molecule has 2 fully saturated rings. The predicted molar refractivity (Wildman–Crippen MR) is 106 cm³/mol. The van der Waals surface area contributed by atoms with E-state index >= 15 is 0 Å². The fraction of sp³-hybridized carbons (Fsp3) is 0.650. The molecule has 0 radical (unpaired) electrons. The Bertz CT molecular complexity index is 598. The van der Waals surface area contributed by atoms with Gasteiger partial charge in [0.05, 0.1) is 6.10 Å². The van der Waals surface area contributed by atoms with Gasteiger partial charge in [-0.15, -0.1) is 0 Å². The van der Waals surface area contributed by atoms with Gasteiger partial charge < -0.3 is 20.1 Å². The van der Waals surface area contributed by atoms with Crippen LogP contribution in [0.3, 0.4) is 0 Å². The van der Waals surface area contributed by atoms with Crippen LogP contribution in [0.15, 0.2) is 29.3 Å². The Morgan fingerprint density at radius 3 is 2.81 bits per heavy atom. The largest absolute Gasteiger partial charge is 0.381 e. The lowest BCUT2D eigenvalue weighted by molar-refractivity contribution is -0.0320. The van der Waals surface area contributed by atoms with Gasteiger partial charge in [0.25, 0.3) is 0 Å². The van der Waals surface area contributed by atoms with Gasteiger partial charge in [-0.1, -0.05) is 23.7 Å². The second-order valence-corrected chi connectivity index (χ2v) is 7.62. The molecule has 1 saturated carbocycles. The highest BCUT2D eigenvalue weighted by Gasteiger charge is 2.44. The molecule has 1 aromatic carbocycles. The number of ether oxygens (including phenoxy) is 2. The first-order valence-electron chi connectivity index (χ1n) is 9.62. The zero-order valence-electron chi connectivity index (χ0n) is 15.6. The lowest BCUT2D eigenvalue weighted by Gasteiger charge is -2.22. The van der Waals surface area contributed by atoms with E-state index in [-0.39, 0.29) is 5.41 Å². The molecule has 0 bridgehead atoms. The van der Waals surface area contributed by atoms with Crippen LogP contribution in [0.25, 0.3) is 0 Å². The van der Waals surface area contributed by atoms with E-state index in [1.54, 1.807) is 0 Å². The van der Waals surface area contributed by atoms with Gasteiger partial charge in [0.2, 0.25) is 0 Å². The van der Waals surface area contributed by atoms with Crippen molar-refractivity contribution in [2.45, 2.75) is 43.6 Å². The Balaban J connectivity index is 1.34. The summed E-state index contributed by atoms with van der Waals surface area (Å²) in [4.78, 5) is 4.33. The number of halogens is 1. The maximum atomic E-state index is 6.15. The summed E-state index contributed by atoms with van der Waals surface area (Å²) in [5.74, 6) is 0.851. The van der Waals surface area contributed by atoms with Gasteiger partial charge in [0.15, 0.2) is 5.96 Å². The first-order valence-corrected chi connectivity index (χ1v) is 10.00. The van der Waals surface area contributed by atoms with E-state index < -0.39 is 0 Å². The maximum Gasteiger partial charge on any atom is 0.191 e. The first-order chi connectivity index (χ1) is 12.7. The Hall–Kier alpha value is -1.30. The quantitative estimate of drug-likeness (QED) is 0.414. The van der Waals surface area contributed by atoms with Gasteiger partial charge in [-0.3, -0.25) is 4.99 Å². The fourth-order valence-electron chi connectivity index (χ4n) is 3.38. The molecule has 0 amide bonds. The lowest BCUT2D eigenvalue weighted by Crippen LogP contribution is -2.41. The smallest absolute Gasteiger partial charge is 0.191 e. The molecule has 5 nitrogen and oxygen atoms in total. The molecule has 2 N–H and O–H groups in total. The summed E-state index contributed by atoms with van der Waals surface area (Å²) in [6.07, 6.45) is 5.75. The van der Waals surface area contributed by atoms with E-state index in [0.717, 1.165) is 63.2 Å². The third-order valence-electron chi connectivity index (χ3n) is 5.24. The fourth-order valence-corrected chi connectivity index (χ4v) is 3.57. The first kappa shape index (κ1) is 19.5. The van der Waals surface area contributed by atoms with E-state index in [1.807, 2.05) is 19.2 Å². The highest BCUT2D eigenvalue weighted by Crippen LogP contribution is 2.48. The zero-order chi connectivity index (χ0) is 18.2. The Morgan fingerprint density at radius 2 is 2.12 bits per heavy atom. The van der Waals surface area contributed by atoms with E-state index in [1.165, 1.54) is 18.4 Å². The van der Waals surface area contributed by atoms with Crippen molar-refractivity contribution in [1.29, 1.82) is 0 Å². The summed E-state index contributed by atoms with van der Waals surface area (Å²) in [6, 6.07) is 8.21. The van der Waals surface area contributed by atoms with Crippen LogP contribution in [-0.2, 0) is 14.9 Å². The predicted octanol–water partition coefficient (Wildman–Crippen LogP) is 3.12. The van der Waals surface area contributed by atoms with Crippen molar-refractivity contribution in [3.8, 4) is 0 Å². The summed E-state index contributed by atoms with van der Waals surface area (Å²) >= 11 is 6.15. The minimum absolute atomic E-state index is 0.203. The molecule has 1 aliphatic carbocycles. The molecule has 1 heterocycles. The number of guanidine groups is 1. The van der Waals surface area contributed by atoms with Crippen molar-refractivity contribution >= 4 is 17.6 Å². The van der Waals surface area contributed by atoms with Crippen LogP contribution in [0.1, 0.15) is 37.7 Å². The van der Waals surface area contributed by atoms with Crippen molar-refractivity contribution in [3.63, 3.8) is 0 Å². The number of rotatable bonds is 8. The van der Waals surface area contributed by atoms with Crippen LogP contribution < -0.4 is 10.6 Å². The minimum Gasteiger partial charge on any atom is -0.381 e. The van der Waals surface area contributed by atoms with Crippen LogP contribution in [-0.4, -0.2) is 52.0 Å². The SMILES string of the molecule is CN=C(NCCCOC1CCOCC1)NCC1(c2cccc(Cl)c2)CC1. The van der Waals surface area contributed by atoms with Gasteiger partial charge in [0, 0.05) is 50.4 Å². The molecule has 144 valence electrons. The van der Waals surface area contributed by atoms with E-state index in [4.69, 9.17) is 21.1 Å². The van der Waals surface area contributed by atoms with Crippen molar-refractivity contribution in [2.24, 2.45) is 4.99 Å². The minimum atomic E-state index is 0.203. The van der Waals surface area contributed by atoms with E-state index in [0.29, 0.717) is 6.10 Å². The highest BCUT2D eigenvalue weighted by atomic mass is 35.5. The van der Waals surface area contributed by atoms with Crippen molar-refractivity contribution in [3.05, 3.63) is 34.9 Å². The third-order valence-corrected chi connectivity index (χ3v) is 5.48. The molecule has 0 unspecified atom stereocenters. The molecular formula is C20H30ClN3O2. The molecule has 1 aromatic rings. The maximum absolute atomic E-state index is 6.15. The van der Waals surface area contributed by atoms with Gasteiger partial charge in [-0.2, -0.15) is 0 Å². The van der Waals surface area contributed by atoms with Crippen LogP contribution in [0, 0.1) is 0 Å². The molecule has 26 heavy (non-hydrogen) atoms. The van der Waals surface area contributed by atoms with Crippen molar-refractivity contribution in [1.82, 2.24) is 10.6 Å². The van der Waals surface area contributed by atoms with E-state index in [2.05, 4.69) is 27.8 Å². The van der Waals surface area contributed by atoms with Crippen molar-refractivity contribution < 1.29 is 9.47 Å². The molecule has 6 heteroatoms. The molecular weight excluding hydrogens is 350 g/mol.